The Morgan fingerprint density at radius 2 is 2.08 bits per heavy atom. The number of nitrogens with zero attached hydrogens (tertiary/aromatic N) is 1. The normalized spacial score (nSPS) is 19.4. The lowest BCUT2D eigenvalue weighted by molar-refractivity contribution is 0.190. The topological polar surface area (TPSA) is 15.3 Å². The highest BCUT2D eigenvalue weighted by atomic mass is 15.2. The molecular weight excluding hydrogens is 160 g/mol. The zero-order valence-electron chi connectivity index (χ0n) is 9.34. The molecule has 1 aliphatic rings. The zero-order valence-corrected chi connectivity index (χ0v) is 9.34. The van der Waals surface area contributed by atoms with Crippen LogP contribution in [0.5, 0.6) is 0 Å². The Bertz CT molecular complexity index is 132. The molecule has 1 rings (SSSR count). The number of hydrogen-bond acceptors (Lipinski definition) is 2. The summed E-state index contributed by atoms with van der Waals surface area (Å²) in [4.78, 5) is 2.63. The minimum Gasteiger partial charge on any atom is -0.318 e. The molecule has 0 aliphatic heterocycles. The smallest absolute Gasteiger partial charge is 0.0217 e. The van der Waals surface area contributed by atoms with E-state index in [1.165, 1.54) is 32.4 Å². The summed E-state index contributed by atoms with van der Waals surface area (Å²) in [7, 11) is 2.05. The van der Waals surface area contributed by atoms with Crippen molar-refractivity contribution in [2.24, 2.45) is 5.92 Å². The van der Waals surface area contributed by atoms with E-state index in [9.17, 15) is 0 Å². The molecular formula is C11H24N2. The Hall–Kier alpha value is -0.0800. The van der Waals surface area contributed by atoms with Crippen LogP contribution >= 0.6 is 0 Å². The SMILES string of the molecule is CCC(CNC)N(CC)CC1CC1. The second-order valence-electron chi connectivity index (χ2n) is 4.15. The summed E-state index contributed by atoms with van der Waals surface area (Å²) >= 11 is 0. The molecule has 0 aromatic rings. The molecule has 1 fully saturated rings. The summed E-state index contributed by atoms with van der Waals surface area (Å²) in [6.45, 7) is 8.24. The van der Waals surface area contributed by atoms with E-state index in [-0.39, 0.29) is 0 Å². The summed E-state index contributed by atoms with van der Waals surface area (Å²) in [5, 5.41) is 3.29. The Labute approximate surface area is 82.7 Å². The first kappa shape index (κ1) is 11.0. The third-order valence-corrected chi connectivity index (χ3v) is 3.02. The highest BCUT2D eigenvalue weighted by Gasteiger charge is 2.26. The van der Waals surface area contributed by atoms with Crippen molar-refractivity contribution in [2.75, 3.05) is 26.7 Å². The average molecular weight is 184 g/mol. The maximum atomic E-state index is 3.29. The van der Waals surface area contributed by atoms with E-state index in [4.69, 9.17) is 0 Å². The van der Waals surface area contributed by atoms with Gasteiger partial charge in [-0.2, -0.15) is 0 Å². The van der Waals surface area contributed by atoms with Gasteiger partial charge < -0.3 is 5.32 Å². The van der Waals surface area contributed by atoms with Gasteiger partial charge in [-0.1, -0.05) is 13.8 Å². The molecule has 0 aromatic carbocycles. The van der Waals surface area contributed by atoms with E-state index >= 15 is 0 Å². The molecule has 1 aliphatic carbocycles. The van der Waals surface area contributed by atoms with E-state index in [2.05, 4.69) is 24.1 Å². The van der Waals surface area contributed by atoms with Crippen LogP contribution in [0.25, 0.3) is 0 Å². The predicted octanol–water partition coefficient (Wildman–Crippen LogP) is 1.72. The number of nitrogens with one attached hydrogen (secondary N) is 1. The molecule has 0 amide bonds. The van der Waals surface area contributed by atoms with E-state index < -0.39 is 0 Å². The lowest BCUT2D eigenvalue weighted by Crippen LogP contribution is -2.42. The Kier molecular flexibility index (Phi) is 4.74. The van der Waals surface area contributed by atoms with E-state index in [0.717, 1.165) is 18.5 Å². The third-order valence-electron chi connectivity index (χ3n) is 3.02. The number of rotatable bonds is 7. The molecule has 1 atom stereocenters. The largest absolute Gasteiger partial charge is 0.318 e. The summed E-state index contributed by atoms with van der Waals surface area (Å²) in [6, 6.07) is 0.746. The Morgan fingerprint density at radius 3 is 2.46 bits per heavy atom. The van der Waals surface area contributed by atoms with Gasteiger partial charge in [-0.15, -0.1) is 0 Å². The lowest BCUT2D eigenvalue weighted by atomic mass is 10.1. The minimum absolute atomic E-state index is 0.746. The molecule has 0 aromatic heterocycles. The van der Waals surface area contributed by atoms with Crippen LogP contribution in [0.4, 0.5) is 0 Å². The molecule has 2 heteroatoms. The molecule has 1 unspecified atom stereocenters. The minimum atomic E-state index is 0.746. The van der Waals surface area contributed by atoms with Gasteiger partial charge in [-0.05, 0) is 38.8 Å². The first-order valence-electron chi connectivity index (χ1n) is 5.70. The maximum Gasteiger partial charge on any atom is 0.0217 e. The highest BCUT2D eigenvalue weighted by molar-refractivity contribution is 4.80. The summed E-state index contributed by atoms with van der Waals surface area (Å²) in [5.41, 5.74) is 0. The summed E-state index contributed by atoms with van der Waals surface area (Å²) < 4.78 is 0. The molecule has 0 heterocycles. The predicted molar refractivity (Wildman–Crippen MR) is 58.0 cm³/mol. The van der Waals surface area contributed by atoms with Gasteiger partial charge in [0.15, 0.2) is 0 Å². The van der Waals surface area contributed by atoms with Crippen LogP contribution in [0.15, 0.2) is 0 Å². The monoisotopic (exact) mass is 184 g/mol. The Morgan fingerprint density at radius 1 is 1.38 bits per heavy atom. The van der Waals surface area contributed by atoms with Crippen molar-refractivity contribution in [1.29, 1.82) is 0 Å². The molecule has 0 spiro atoms. The summed E-state index contributed by atoms with van der Waals surface area (Å²) in [6.07, 6.45) is 4.19. The van der Waals surface area contributed by atoms with Gasteiger partial charge in [0, 0.05) is 19.1 Å². The highest BCUT2D eigenvalue weighted by Crippen LogP contribution is 2.30. The van der Waals surface area contributed by atoms with Gasteiger partial charge in [0.1, 0.15) is 0 Å². The van der Waals surface area contributed by atoms with Crippen molar-refractivity contribution in [2.45, 2.75) is 39.2 Å². The van der Waals surface area contributed by atoms with Crippen molar-refractivity contribution < 1.29 is 0 Å². The van der Waals surface area contributed by atoms with Gasteiger partial charge in [0.2, 0.25) is 0 Å². The van der Waals surface area contributed by atoms with Crippen molar-refractivity contribution in [1.82, 2.24) is 10.2 Å². The van der Waals surface area contributed by atoms with Crippen molar-refractivity contribution in [3.05, 3.63) is 0 Å². The van der Waals surface area contributed by atoms with Crippen LogP contribution in [-0.2, 0) is 0 Å². The van der Waals surface area contributed by atoms with Crippen molar-refractivity contribution in [3.63, 3.8) is 0 Å². The third kappa shape index (κ3) is 3.65. The Balaban J connectivity index is 2.30. The molecule has 0 bridgehead atoms. The van der Waals surface area contributed by atoms with Crippen LogP contribution in [0.3, 0.4) is 0 Å². The molecule has 2 nitrogen and oxygen atoms in total. The van der Waals surface area contributed by atoms with Crippen molar-refractivity contribution in [3.8, 4) is 0 Å². The summed E-state index contributed by atoms with van der Waals surface area (Å²) in [5.74, 6) is 1.02. The van der Waals surface area contributed by atoms with E-state index in [0.29, 0.717) is 0 Å². The van der Waals surface area contributed by atoms with Gasteiger partial charge in [0.25, 0.3) is 0 Å². The van der Waals surface area contributed by atoms with Crippen LogP contribution in [0.1, 0.15) is 33.1 Å². The van der Waals surface area contributed by atoms with Crippen LogP contribution in [0.2, 0.25) is 0 Å². The maximum absolute atomic E-state index is 3.29. The van der Waals surface area contributed by atoms with Gasteiger partial charge >= 0.3 is 0 Å². The fourth-order valence-electron chi connectivity index (χ4n) is 1.94. The van der Waals surface area contributed by atoms with Crippen LogP contribution in [0, 0.1) is 5.92 Å². The fraction of sp³-hybridized carbons (Fsp3) is 1.00. The second-order valence-corrected chi connectivity index (χ2v) is 4.15. The molecule has 0 radical (unpaired) electrons. The van der Waals surface area contributed by atoms with Gasteiger partial charge in [-0.3, -0.25) is 4.90 Å². The quantitative estimate of drug-likeness (QED) is 0.648. The first-order chi connectivity index (χ1) is 6.31. The average Bonchev–Trinajstić information content (AvgIpc) is 2.94. The van der Waals surface area contributed by atoms with Gasteiger partial charge in [0.05, 0.1) is 0 Å². The first-order valence-corrected chi connectivity index (χ1v) is 5.70. The van der Waals surface area contributed by atoms with Gasteiger partial charge in [-0.25, -0.2) is 0 Å². The van der Waals surface area contributed by atoms with Crippen LogP contribution in [-0.4, -0.2) is 37.6 Å². The van der Waals surface area contributed by atoms with Crippen molar-refractivity contribution >= 4 is 0 Å². The van der Waals surface area contributed by atoms with Crippen LogP contribution < -0.4 is 5.32 Å². The lowest BCUT2D eigenvalue weighted by Gasteiger charge is -2.29. The van der Waals surface area contributed by atoms with E-state index in [1.54, 1.807) is 0 Å². The number of likely N-dealkylation sites (N-methyl/N-ethyl adjacent to an activating group) is 2. The molecule has 1 N–H and O–H groups in total. The van der Waals surface area contributed by atoms with E-state index in [1.807, 2.05) is 7.05 Å². The number of hydrogen-bond donors (Lipinski definition) is 1. The molecule has 1 saturated carbocycles. The fourth-order valence-corrected chi connectivity index (χ4v) is 1.94. The molecule has 78 valence electrons. The molecule has 13 heavy (non-hydrogen) atoms. The second kappa shape index (κ2) is 5.61. The zero-order chi connectivity index (χ0) is 9.68. The standard InChI is InChI=1S/C11H24N2/c1-4-11(8-12-3)13(5-2)9-10-6-7-10/h10-12H,4-9H2,1-3H3. The molecule has 0 saturated heterocycles.